The Hall–Kier alpha value is -2.43. The Labute approximate surface area is 110 Å². The lowest BCUT2D eigenvalue weighted by molar-refractivity contribution is -0.131. The summed E-state index contributed by atoms with van der Waals surface area (Å²) in [5, 5.41) is 8.44. The van der Waals surface area contributed by atoms with Crippen LogP contribution >= 0.6 is 0 Å². The molecule has 1 aliphatic rings. The number of ketones is 1. The third kappa shape index (κ3) is 3.07. The van der Waals surface area contributed by atoms with Gasteiger partial charge in [-0.2, -0.15) is 0 Å². The van der Waals surface area contributed by atoms with Crippen molar-refractivity contribution in [2.45, 2.75) is 12.8 Å². The number of allylic oxidation sites excluding steroid dienone is 1. The monoisotopic (exact) mass is 259 g/mol. The average Bonchev–Trinajstić information content (AvgIpc) is 2.82. The number of hydrogen-bond donors (Lipinski definition) is 1. The summed E-state index contributed by atoms with van der Waals surface area (Å²) in [5.41, 5.74) is 1.16. The highest BCUT2D eigenvalue weighted by Crippen LogP contribution is 2.21. The highest BCUT2D eigenvalue weighted by atomic mass is 16.4. The number of hydrogen-bond acceptors (Lipinski definition) is 3. The second-order valence-electron chi connectivity index (χ2n) is 4.23. The number of amides is 1. The Kier molecular flexibility index (Phi) is 3.75. The van der Waals surface area contributed by atoms with Crippen LogP contribution in [0.15, 0.2) is 36.4 Å². The van der Waals surface area contributed by atoms with E-state index in [2.05, 4.69) is 0 Å². The van der Waals surface area contributed by atoms with E-state index in [1.165, 1.54) is 0 Å². The van der Waals surface area contributed by atoms with E-state index in [1.807, 2.05) is 0 Å². The van der Waals surface area contributed by atoms with Crippen molar-refractivity contribution in [1.29, 1.82) is 0 Å². The number of carboxylic acid groups (broad SMARTS) is 1. The lowest BCUT2D eigenvalue weighted by Gasteiger charge is -2.15. The van der Waals surface area contributed by atoms with E-state index in [1.54, 1.807) is 29.2 Å². The van der Waals surface area contributed by atoms with Crippen LogP contribution in [0.4, 0.5) is 5.69 Å². The summed E-state index contributed by atoms with van der Waals surface area (Å²) in [7, 11) is 0. The topological polar surface area (TPSA) is 74.7 Å². The first-order valence-electron chi connectivity index (χ1n) is 5.94. The van der Waals surface area contributed by atoms with Gasteiger partial charge in [-0.3, -0.25) is 9.59 Å². The van der Waals surface area contributed by atoms with Gasteiger partial charge in [-0.25, -0.2) is 4.79 Å². The maximum absolute atomic E-state index is 11.6. The van der Waals surface area contributed by atoms with Crippen molar-refractivity contribution in [3.8, 4) is 0 Å². The molecule has 1 amide bonds. The summed E-state index contributed by atoms with van der Waals surface area (Å²) in [6, 6.07) is 6.58. The second-order valence-corrected chi connectivity index (χ2v) is 4.23. The van der Waals surface area contributed by atoms with Crippen molar-refractivity contribution in [2.24, 2.45) is 0 Å². The zero-order valence-electron chi connectivity index (χ0n) is 10.2. The summed E-state index contributed by atoms with van der Waals surface area (Å²) in [5.74, 6) is -1.45. The Morgan fingerprint density at radius 3 is 2.37 bits per heavy atom. The van der Waals surface area contributed by atoms with E-state index in [0.717, 1.165) is 24.3 Å². The molecule has 5 heteroatoms. The number of benzene rings is 1. The van der Waals surface area contributed by atoms with Gasteiger partial charge in [0.05, 0.1) is 0 Å². The number of carbonyl (C=O) groups is 3. The van der Waals surface area contributed by atoms with Gasteiger partial charge in [0, 0.05) is 30.3 Å². The number of rotatable bonds is 4. The molecule has 1 aromatic rings. The van der Waals surface area contributed by atoms with Crippen molar-refractivity contribution >= 4 is 23.3 Å². The molecule has 0 aliphatic carbocycles. The first kappa shape index (κ1) is 13.0. The fraction of sp³-hybridized carbons (Fsp3) is 0.214. The predicted octanol–water partition coefficient (Wildman–Crippen LogP) is 1.64. The van der Waals surface area contributed by atoms with Gasteiger partial charge in [0.2, 0.25) is 5.91 Å². The molecule has 1 aliphatic heterocycles. The lowest BCUT2D eigenvalue weighted by atomic mass is 10.1. The molecule has 1 aromatic carbocycles. The van der Waals surface area contributed by atoms with Gasteiger partial charge in [-0.1, -0.05) is 0 Å². The van der Waals surface area contributed by atoms with E-state index >= 15 is 0 Å². The molecule has 1 saturated heterocycles. The second kappa shape index (κ2) is 5.48. The standard InChI is InChI=1S/C14H13NO4/c16-12(7-8-14(18)19)10-3-5-11(6-4-10)15-9-1-2-13(15)17/h3-8H,1-2,9H2,(H,18,19). The van der Waals surface area contributed by atoms with E-state index in [9.17, 15) is 14.4 Å². The van der Waals surface area contributed by atoms with Crippen LogP contribution in [0.3, 0.4) is 0 Å². The molecule has 0 atom stereocenters. The first-order valence-corrected chi connectivity index (χ1v) is 5.94. The normalized spacial score (nSPS) is 15.2. The fourth-order valence-electron chi connectivity index (χ4n) is 1.97. The largest absolute Gasteiger partial charge is 0.478 e. The number of aliphatic carboxylic acids is 1. The van der Waals surface area contributed by atoms with Crippen LogP contribution < -0.4 is 4.90 Å². The van der Waals surface area contributed by atoms with Gasteiger partial charge in [-0.15, -0.1) is 0 Å². The van der Waals surface area contributed by atoms with E-state index in [-0.39, 0.29) is 11.7 Å². The van der Waals surface area contributed by atoms with Crippen molar-refractivity contribution in [1.82, 2.24) is 0 Å². The molecule has 0 aromatic heterocycles. The van der Waals surface area contributed by atoms with Gasteiger partial charge in [0.25, 0.3) is 0 Å². The molecule has 0 bridgehead atoms. The molecule has 1 heterocycles. The van der Waals surface area contributed by atoms with Crippen LogP contribution in [-0.2, 0) is 9.59 Å². The highest BCUT2D eigenvalue weighted by molar-refractivity contribution is 6.07. The average molecular weight is 259 g/mol. The minimum Gasteiger partial charge on any atom is -0.478 e. The summed E-state index contributed by atoms with van der Waals surface area (Å²) < 4.78 is 0. The first-order chi connectivity index (χ1) is 9.08. The molecule has 5 nitrogen and oxygen atoms in total. The number of carboxylic acids is 1. The molecule has 98 valence electrons. The van der Waals surface area contributed by atoms with Crippen molar-refractivity contribution in [3.63, 3.8) is 0 Å². The van der Waals surface area contributed by atoms with Crippen molar-refractivity contribution in [2.75, 3.05) is 11.4 Å². The van der Waals surface area contributed by atoms with Crippen LogP contribution in [0.5, 0.6) is 0 Å². The van der Waals surface area contributed by atoms with Crippen molar-refractivity contribution < 1.29 is 19.5 Å². The lowest BCUT2D eigenvalue weighted by Crippen LogP contribution is -2.23. The molecule has 0 spiro atoms. The van der Waals surface area contributed by atoms with E-state index in [4.69, 9.17) is 5.11 Å². The van der Waals surface area contributed by atoms with Gasteiger partial charge >= 0.3 is 5.97 Å². The molecular weight excluding hydrogens is 246 g/mol. The van der Waals surface area contributed by atoms with Crippen LogP contribution in [-0.4, -0.2) is 29.3 Å². The molecular formula is C14H13NO4. The zero-order valence-corrected chi connectivity index (χ0v) is 10.2. The number of carbonyl (C=O) groups excluding carboxylic acids is 2. The minimum absolute atomic E-state index is 0.0878. The Bertz CT molecular complexity index is 545. The smallest absolute Gasteiger partial charge is 0.328 e. The van der Waals surface area contributed by atoms with Gasteiger partial charge in [0.15, 0.2) is 5.78 Å². The maximum Gasteiger partial charge on any atom is 0.328 e. The van der Waals surface area contributed by atoms with Crippen molar-refractivity contribution in [3.05, 3.63) is 42.0 Å². The van der Waals surface area contributed by atoms with Gasteiger partial charge in [0.1, 0.15) is 0 Å². The number of nitrogens with zero attached hydrogens (tertiary/aromatic N) is 1. The minimum atomic E-state index is -1.16. The van der Waals surface area contributed by atoms with Gasteiger partial charge < -0.3 is 10.0 Å². The van der Waals surface area contributed by atoms with E-state index < -0.39 is 5.97 Å². The quantitative estimate of drug-likeness (QED) is 0.658. The fourth-order valence-corrected chi connectivity index (χ4v) is 1.97. The van der Waals surface area contributed by atoms with Crippen LogP contribution in [0.25, 0.3) is 0 Å². The van der Waals surface area contributed by atoms with Gasteiger partial charge in [-0.05, 0) is 36.8 Å². The van der Waals surface area contributed by atoms with Crippen LogP contribution in [0.2, 0.25) is 0 Å². The van der Waals surface area contributed by atoms with Crippen LogP contribution in [0.1, 0.15) is 23.2 Å². The molecule has 0 radical (unpaired) electrons. The molecule has 1 N–H and O–H groups in total. The molecule has 0 saturated carbocycles. The summed E-state index contributed by atoms with van der Waals surface area (Å²) in [6.07, 6.45) is 3.22. The zero-order chi connectivity index (χ0) is 13.8. The molecule has 0 unspecified atom stereocenters. The third-order valence-corrected chi connectivity index (χ3v) is 2.91. The Balaban J connectivity index is 2.12. The summed E-state index contributed by atoms with van der Waals surface area (Å²) >= 11 is 0. The molecule has 19 heavy (non-hydrogen) atoms. The summed E-state index contributed by atoms with van der Waals surface area (Å²) in [4.78, 5) is 35.2. The third-order valence-electron chi connectivity index (χ3n) is 2.91. The van der Waals surface area contributed by atoms with Crippen LogP contribution in [0, 0.1) is 0 Å². The summed E-state index contributed by atoms with van der Waals surface area (Å²) in [6.45, 7) is 0.699. The maximum atomic E-state index is 11.6. The SMILES string of the molecule is O=C(O)C=CC(=O)c1ccc(N2CCCC2=O)cc1. The molecule has 1 fully saturated rings. The Morgan fingerprint density at radius 2 is 1.84 bits per heavy atom. The highest BCUT2D eigenvalue weighted by Gasteiger charge is 2.21. The Morgan fingerprint density at radius 1 is 1.16 bits per heavy atom. The predicted molar refractivity (Wildman–Crippen MR) is 69.1 cm³/mol. The molecule has 2 rings (SSSR count). The van der Waals surface area contributed by atoms with E-state index in [0.29, 0.717) is 18.5 Å². The number of anilines is 1.